The van der Waals surface area contributed by atoms with Crippen LogP contribution in [0.25, 0.3) is 5.65 Å². The molecule has 90 valence electrons. The summed E-state index contributed by atoms with van der Waals surface area (Å²) in [6, 6.07) is 1.97. The van der Waals surface area contributed by atoms with Gasteiger partial charge in [0.25, 0.3) is 0 Å². The van der Waals surface area contributed by atoms with Crippen LogP contribution in [0.1, 0.15) is 0 Å². The average Bonchev–Trinajstić information content (AvgIpc) is 2.86. The van der Waals surface area contributed by atoms with E-state index in [1.54, 1.807) is 18.1 Å². The van der Waals surface area contributed by atoms with Crippen LogP contribution in [-0.2, 0) is 4.74 Å². The van der Waals surface area contributed by atoms with E-state index < -0.39 is 0 Å². The van der Waals surface area contributed by atoms with Crippen LogP contribution in [0, 0.1) is 0 Å². The lowest BCUT2D eigenvalue weighted by Crippen LogP contribution is -2.36. The fourth-order valence-corrected chi connectivity index (χ4v) is 2.41. The number of rotatable bonds is 2. The monoisotopic (exact) mass is 251 g/mol. The molecule has 0 atom stereocenters. The van der Waals surface area contributed by atoms with Gasteiger partial charge < -0.3 is 9.64 Å². The predicted molar refractivity (Wildman–Crippen MR) is 65.6 cm³/mol. The Labute approximate surface area is 103 Å². The Morgan fingerprint density at radius 3 is 2.94 bits per heavy atom. The van der Waals surface area contributed by atoms with Crippen molar-refractivity contribution in [3.8, 4) is 0 Å². The summed E-state index contributed by atoms with van der Waals surface area (Å²) in [5, 5.41) is 8.91. The van der Waals surface area contributed by atoms with Crippen LogP contribution in [0.5, 0.6) is 0 Å². The number of morpholine rings is 1. The number of hydrogen-bond acceptors (Lipinski definition) is 6. The third-order valence-corrected chi connectivity index (χ3v) is 3.42. The maximum absolute atomic E-state index is 5.34. The van der Waals surface area contributed by atoms with Gasteiger partial charge >= 0.3 is 0 Å². The summed E-state index contributed by atoms with van der Waals surface area (Å²) in [6.45, 7) is 3.28. The van der Waals surface area contributed by atoms with Gasteiger partial charge in [0, 0.05) is 19.2 Å². The minimum Gasteiger partial charge on any atom is -0.378 e. The number of nitrogens with zero attached hydrogens (tertiary/aromatic N) is 5. The lowest BCUT2D eigenvalue weighted by molar-refractivity contribution is 0.122. The lowest BCUT2D eigenvalue weighted by Gasteiger charge is -2.27. The molecule has 1 aliphatic rings. The Hall–Kier alpha value is -1.34. The number of hydrogen-bond donors (Lipinski definition) is 0. The number of thioether (sulfide) groups is 1. The molecule has 7 heteroatoms. The summed E-state index contributed by atoms with van der Waals surface area (Å²) in [4.78, 5) is 6.85. The van der Waals surface area contributed by atoms with E-state index in [0.29, 0.717) is 0 Å². The molecule has 6 nitrogen and oxygen atoms in total. The second kappa shape index (κ2) is 4.50. The van der Waals surface area contributed by atoms with Crippen molar-refractivity contribution in [2.24, 2.45) is 0 Å². The van der Waals surface area contributed by atoms with Crippen LogP contribution in [0.2, 0.25) is 0 Å². The molecule has 0 spiro atoms. The summed E-state index contributed by atoms with van der Waals surface area (Å²) >= 11 is 1.60. The Kier molecular flexibility index (Phi) is 2.86. The number of anilines is 1. The van der Waals surface area contributed by atoms with Gasteiger partial charge in [0.1, 0.15) is 12.1 Å². The van der Waals surface area contributed by atoms with Crippen LogP contribution < -0.4 is 4.90 Å². The maximum atomic E-state index is 5.34. The van der Waals surface area contributed by atoms with Crippen molar-refractivity contribution >= 4 is 23.2 Å². The van der Waals surface area contributed by atoms with Gasteiger partial charge in [-0.25, -0.2) is 4.98 Å². The fourth-order valence-electron chi connectivity index (χ4n) is 1.89. The Balaban J connectivity index is 2.03. The Bertz CT molecular complexity index is 522. The first-order chi connectivity index (χ1) is 8.38. The summed E-state index contributed by atoms with van der Waals surface area (Å²) in [5.41, 5.74) is 0.839. The number of aromatic nitrogens is 4. The highest BCUT2D eigenvalue weighted by molar-refractivity contribution is 7.98. The molecule has 0 radical (unpaired) electrons. The van der Waals surface area contributed by atoms with Gasteiger partial charge in [-0.3, -0.25) is 4.40 Å². The van der Waals surface area contributed by atoms with Gasteiger partial charge in [0.2, 0.25) is 0 Å². The lowest BCUT2D eigenvalue weighted by atomic mass is 10.4. The SMILES string of the molecule is CSc1nc(N2CCOCC2)cc2nncn12. The van der Waals surface area contributed by atoms with Crippen molar-refractivity contribution in [2.75, 3.05) is 37.5 Å². The molecule has 17 heavy (non-hydrogen) atoms. The third-order valence-electron chi connectivity index (χ3n) is 2.77. The highest BCUT2D eigenvalue weighted by Gasteiger charge is 2.15. The zero-order valence-corrected chi connectivity index (χ0v) is 10.4. The second-order valence-corrected chi connectivity index (χ2v) is 4.53. The molecule has 2 aromatic rings. The van der Waals surface area contributed by atoms with Crippen molar-refractivity contribution < 1.29 is 4.74 Å². The normalized spacial score (nSPS) is 16.6. The van der Waals surface area contributed by atoms with E-state index in [1.807, 2.05) is 16.7 Å². The van der Waals surface area contributed by atoms with E-state index in [1.165, 1.54) is 0 Å². The van der Waals surface area contributed by atoms with Gasteiger partial charge in [-0.1, -0.05) is 11.8 Å². The summed E-state index contributed by atoms with van der Waals surface area (Å²) in [5.74, 6) is 0.957. The molecule has 0 unspecified atom stereocenters. The van der Waals surface area contributed by atoms with Crippen molar-refractivity contribution in [3.05, 3.63) is 12.4 Å². The molecule has 1 fully saturated rings. The highest BCUT2D eigenvalue weighted by atomic mass is 32.2. The van der Waals surface area contributed by atoms with Gasteiger partial charge in [0.05, 0.1) is 13.2 Å². The smallest absolute Gasteiger partial charge is 0.176 e. The number of fused-ring (bicyclic) bond motifs is 1. The van der Waals surface area contributed by atoms with E-state index in [9.17, 15) is 0 Å². The van der Waals surface area contributed by atoms with Gasteiger partial charge in [-0.2, -0.15) is 0 Å². The standard InChI is InChI=1S/C10H13N5OS/c1-17-10-12-8(14-2-4-16-5-3-14)6-9-13-11-7-15(9)10/h6-7H,2-5H2,1H3. The second-order valence-electron chi connectivity index (χ2n) is 3.76. The summed E-state index contributed by atoms with van der Waals surface area (Å²) < 4.78 is 7.24. The van der Waals surface area contributed by atoms with Gasteiger partial charge in [-0.05, 0) is 6.26 Å². The zero-order valence-electron chi connectivity index (χ0n) is 9.54. The van der Waals surface area contributed by atoms with Crippen molar-refractivity contribution in [1.82, 2.24) is 19.6 Å². The van der Waals surface area contributed by atoms with Crippen LogP contribution in [0.4, 0.5) is 5.82 Å². The van der Waals surface area contributed by atoms with Crippen LogP contribution in [0.3, 0.4) is 0 Å². The topological polar surface area (TPSA) is 55.5 Å². The Morgan fingerprint density at radius 1 is 1.35 bits per heavy atom. The molecule has 2 aromatic heterocycles. The molecule has 0 N–H and O–H groups in total. The van der Waals surface area contributed by atoms with Gasteiger partial charge in [0.15, 0.2) is 10.8 Å². The molecule has 1 aliphatic heterocycles. The minimum absolute atomic E-state index is 0.758. The minimum atomic E-state index is 0.758. The van der Waals surface area contributed by atoms with Crippen LogP contribution >= 0.6 is 11.8 Å². The van der Waals surface area contributed by atoms with Crippen LogP contribution in [-0.4, -0.2) is 52.1 Å². The molecule has 0 aliphatic carbocycles. The molecule has 0 bridgehead atoms. The molecule has 0 aromatic carbocycles. The molecule has 0 amide bonds. The highest BCUT2D eigenvalue weighted by Crippen LogP contribution is 2.20. The van der Waals surface area contributed by atoms with E-state index in [4.69, 9.17) is 4.74 Å². The molecule has 3 rings (SSSR count). The largest absolute Gasteiger partial charge is 0.378 e. The molecule has 0 saturated carbocycles. The Morgan fingerprint density at radius 2 is 2.18 bits per heavy atom. The molecule has 1 saturated heterocycles. The van der Waals surface area contributed by atoms with Gasteiger partial charge in [-0.15, -0.1) is 10.2 Å². The third kappa shape index (κ3) is 1.96. The molecule has 3 heterocycles. The maximum Gasteiger partial charge on any atom is 0.176 e. The van der Waals surface area contributed by atoms with E-state index >= 15 is 0 Å². The van der Waals surface area contributed by atoms with Crippen molar-refractivity contribution in [3.63, 3.8) is 0 Å². The van der Waals surface area contributed by atoms with E-state index in [0.717, 1.165) is 42.9 Å². The van der Waals surface area contributed by atoms with E-state index in [-0.39, 0.29) is 0 Å². The van der Waals surface area contributed by atoms with Crippen molar-refractivity contribution in [1.29, 1.82) is 0 Å². The summed E-state index contributed by atoms with van der Waals surface area (Å²) in [6.07, 6.45) is 3.70. The first-order valence-electron chi connectivity index (χ1n) is 5.46. The first kappa shape index (κ1) is 10.8. The average molecular weight is 251 g/mol. The van der Waals surface area contributed by atoms with Crippen molar-refractivity contribution in [2.45, 2.75) is 5.16 Å². The molecular formula is C10H13N5OS. The van der Waals surface area contributed by atoms with Crippen LogP contribution in [0.15, 0.2) is 17.6 Å². The van der Waals surface area contributed by atoms with E-state index in [2.05, 4.69) is 20.1 Å². The molecular weight excluding hydrogens is 238 g/mol. The zero-order chi connectivity index (χ0) is 11.7. The predicted octanol–water partition coefficient (Wildman–Crippen LogP) is 0.683. The first-order valence-corrected chi connectivity index (χ1v) is 6.68. The number of ether oxygens (including phenoxy) is 1. The quantitative estimate of drug-likeness (QED) is 0.578. The fraction of sp³-hybridized carbons (Fsp3) is 0.500. The summed E-state index contributed by atoms with van der Waals surface area (Å²) in [7, 11) is 0.